The van der Waals surface area contributed by atoms with Crippen LogP contribution < -0.4 is 10.6 Å². The fourth-order valence-electron chi connectivity index (χ4n) is 2.79. The maximum Gasteiger partial charge on any atom is 0.245 e. The molecular weight excluding hydrogens is 310 g/mol. The molecular formula is C21H39N3O. The number of rotatable bonds is 17. The van der Waals surface area contributed by atoms with Crippen LogP contribution in [0.4, 0.5) is 0 Å². The summed E-state index contributed by atoms with van der Waals surface area (Å²) in [4.78, 5) is 11.5. The van der Waals surface area contributed by atoms with Crippen LogP contribution in [0.1, 0.15) is 97.3 Å². The molecule has 0 atom stereocenters. The Morgan fingerprint density at radius 1 is 0.840 bits per heavy atom. The molecule has 0 aromatic heterocycles. The smallest absolute Gasteiger partial charge is 0.245 e. The summed E-state index contributed by atoms with van der Waals surface area (Å²) >= 11 is 0. The van der Waals surface area contributed by atoms with Gasteiger partial charge in [-0.3, -0.25) is 4.79 Å². The van der Waals surface area contributed by atoms with E-state index in [1.807, 2.05) is 13.0 Å². The molecule has 0 radical (unpaired) electrons. The number of carbonyl (C=O) groups excluding carboxylic acids is 1. The summed E-state index contributed by atoms with van der Waals surface area (Å²) in [6, 6.07) is 2.01. The number of allylic oxidation sites excluding steroid dienone is 1. The van der Waals surface area contributed by atoms with E-state index in [2.05, 4.69) is 17.6 Å². The lowest BCUT2D eigenvalue weighted by Gasteiger charge is -2.07. The van der Waals surface area contributed by atoms with Crippen molar-refractivity contribution in [1.29, 1.82) is 5.26 Å². The van der Waals surface area contributed by atoms with Crippen molar-refractivity contribution in [2.24, 2.45) is 0 Å². The molecule has 0 aliphatic heterocycles. The molecule has 0 bridgehead atoms. The summed E-state index contributed by atoms with van der Waals surface area (Å²) < 4.78 is 0. The van der Waals surface area contributed by atoms with Crippen LogP contribution in [0.25, 0.3) is 0 Å². The summed E-state index contributed by atoms with van der Waals surface area (Å²) in [5.74, 6) is -0.130. The third-order valence-electron chi connectivity index (χ3n) is 4.32. The van der Waals surface area contributed by atoms with Crippen LogP contribution >= 0.6 is 0 Å². The first-order valence-electron chi connectivity index (χ1n) is 10.3. The third kappa shape index (κ3) is 18.7. The van der Waals surface area contributed by atoms with Crippen molar-refractivity contribution in [1.82, 2.24) is 10.6 Å². The highest BCUT2D eigenvalue weighted by atomic mass is 16.1. The van der Waals surface area contributed by atoms with Gasteiger partial charge in [-0.05, 0) is 13.3 Å². The standard InChI is InChI=1S/C21H39N3O/c1-3-4-5-6-7-8-9-10-11-12-13-14-17-23-20(2)19-21(25)24-18-15-16-22/h19,23H,3-15,17-18H2,1-2H3,(H,24,25). The highest BCUT2D eigenvalue weighted by Gasteiger charge is 1.97. The summed E-state index contributed by atoms with van der Waals surface area (Å²) in [7, 11) is 0. The van der Waals surface area contributed by atoms with Gasteiger partial charge in [-0.15, -0.1) is 0 Å². The topological polar surface area (TPSA) is 64.9 Å². The van der Waals surface area contributed by atoms with Gasteiger partial charge in [-0.2, -0.15) is 5.26 Å². The van der Waals surface area contributed by atoms with Crippen molar-refractivity contribution >= 4 is 5.91 Å². The molecule has 0 spiro atoms. The Hall–Kier alpha value is -1.50. The minimum absolute atomic E-state index is 0.130. The zero-order valence-electron chi connectivity index (χ0n) is 16.5. The Morgan fingerprint density at radius 2 is 1.36 bits per heavy atom. The highest BCUT2D eigenvalue weighted by Crippen LogP contribution is 2.11. The normalized spacial score (nSPS) is 11.2. The fourth-order valence-corrected chi connectivity index (χ4v) is 2.79. The Bertz CT molecular complexity index is 385. The predicted molar refractivity (Wildman–Crippen MR) is 106 cm³/mol. The first kappa shape index (κ1) is 23.5. The summed E-state index contributed by atoms with van der Waals surface area (Å²) in [6.45, 7) is 5.51. The summed E-state index contributed by atoms with van der Waals surface area (Å²) in [6.07, 6.45) is 18.2. The van der Waals surface area contributed by atoms with Crippen LogP contribution in [0.5, 0.6) is 0 Å². The average Bonchev–Trinajstić information content (AvgIpc) is 2.59. The van der Waals surface area contributed by atoms with E-state index in [0.717, 1.165) is 18.7 Å². The number of nitrogens with one attached hydrogen (secondary N) is 2. The van der Waals surface area contributed by atoms with Crippen LogP contribution in [0, 0.1) is 11.3 Å². The van der Waals surface area contributed by atoms with Crippen LogP contribution in [-0.4, -0.2) is 19.0 Å². The van der Waals surface area contributed by atoms with Crippen molar-refractivity contribution in [3.63, 3.8) is 0 Å². The van der Waals surface area contributed by atoms with Gasteiger partial charge in [-0.1, -0.05) is 77.6 Å². The maximum atomic E-state index is 11.5. The molecule has 0 fully saturated rings. The Kier molecular flexibility index (Phi) is 17.7. The number of unbranched alkanes of at least 4 members (excludes halogenated alkanes) is 11. The number of hydrogen-bond donors (Lipinski definition) is 2. The Morgan fingerprint density at radius 3 is 1.88 bits per heavy atom. The number of nitriles is 1. The molecule has 144 valence electrons. The number of carbonyl (C=O) groups is 1. The van der Waals surface area contributed by atoms with E-state index in [1.54, 1.807) is 6.08 Å². The molecule has 2 N–H and O–H groups in total. The Balaban J connectivity index is 3.34. The van der Waals surface area contributed by atoms with E-state index < -0.39 is 0 Å². The van der Waals surface area contributed by atoms with Gasteiger partial charge in [0, 0.05) is 24.9 Å². The maximum absolute atomic E-state index is 11.5. The summed E-state index contributed by atoms with van der Waals surface area (Å²) in [5.41, 5.74) is 0.887. The molecule has 0 heterocycles. The average molecular weight is 350 g/mol. The van der Waals surface area contributed by atoms with Crippen LogP contribution in [-0.2, 0) is 4.79 Å². The van der Waals surface area contributed by atoms with Crippen LogP contribution in [0.15, 0.2) is 11.8 Å². The van der Waals surface area contributed by atoms with Crippen LogP contribution in [0.3, 0.4) is 0 Å². The number of amides is 1. The molecule has 4 heteroatoms. The zero-order valence-corrected chi connectivity index (χ0v) is 16.5. The first-order valence-corrected chi connectivity index (χ1v) is 10.3. The molecule has 25 heavy (non-hydrogen) atoms. The Labute approximate surface area is 155 Å². The van der Waals surface area contributed by atoms with Gasteiger partial charge < -0.3 is 10.6 Å². The number of nitrogens with zero attached hydrogens (tertiary/aromatic N) is 1. The molecule has 0 aromatic rings. The van der Waals surface area contributed by atoms with E-state index in [-0.39, 0.29) is 5.91 Å². The molecule has 0 aliphatic carbocycles. The second-order valence-electron chi connectivity index (χ2n) is 6.84. The van der Waals surface area contributed by atoms with Gasteiger partial charge in [-0.25, -0.2) is 0 Å². The van der Waals surface area contributed by atoms with Gasteiger partial charge in [0.05, 0.1) is 12.5 Å². The van der Waals surface area contributed by atoms with E-state index in [9.17, 15) is 4.79 Å². The third-order valence-corrected chi connectivity index (χ3v) is 4.32. The lowest BCUT2D eigenvalue weighted by molar-refractivity contribution is -0.116. The van der Waals surface area contributed by atoms with Crippen molar-refractivity contribution in [2.45, 2.75) is 97.3 Å². The largest absolute Gasteiger partial charge is 0.388 e. The predicted octanol–water partition coefficient (Wildman–Crippen LogP) is 5.21. The first-order chi connectivity index (χ1) is 12.2. The van der Waals surface area contributed by atoms with Gasteiger partial charge in [0.15, 0.2) is 0 Å². The molecule has 0 saturated heterocycles. The van der Waals surface area contributed by atoms with Crippen molar-refractivity contribution in [3.05, 3.63) is 11.8 Å². The minimum Gasteiger partial charge on any atom is -0.388 e. The molecule has 4 nitrogen and oxygen atoms in total. The van der Waals surface area contributed by atoms with Gasteiger partial charge >= 0.3 is 0 Å². The minimum atomic E-state index is -0.130. The second kappa shape index (κ2) is 18.8. The second-order valence-corrected chi connectivity index (χ2v) is 6.84. The van der Waals surface area contributed by atoms with Crippen molar-refractivity contribution in [3.8, 4) is 6.07 Å². The molecule has 0 rings (SSSR count). The SMILES string of the molecule is CCCCCCCCCCCCCCNC(C)=CC(=O)NCCC#N. The lowest BCUT2D eigenvalue weighted by atomic mass is 10.1. The summed E-state index contributed by atoms with van der Waals surface area (Å²) in [5, 5.41) is 14.4. The monoisotopic (exact) mass is 349 g/mol. The van der Waals surface area contributed by atoms with Crippen molar-refractivity contribution < 1.29 is 4.79 Å². The fraction of sp³-hybridized carbons (Fsp3) is 0.810. The zero-order chi connectivity index (χ0) is 18.6. The number of hydrogen-bond acceptors (Lipinski definition) is 3. The van der Waals surface area contributed by atoms with Gasteiger partial charge in [0.1, 0.15) is 0 Å². The van der Waals surface area contributed by atoms with Crippen molar-refractivity contribution in [2.75, 3.05) is 13.1 Å². The van der Waals surface area contributed by atoms with E-state index >= 15 is 0 Å². The van der Waals surface area contributed by atoms with E-state index in [4.69, 9.17) is 5.26 Å². The molecule has 0 saturated carbocycles. The molecule has 0 aliphatic rings. The van der Waals surface area contributed by atoms with E-state index in [1.165, 1.54) is 70.6 Å². The highest BCUT2D eigenvalue weighted by molar-refractivity contribution is 5.87. The van der Waals surface area contributed by atoms with Gasteiger partial charge in [0.2, 0.25) is 5.91 Å². The molecule has 0 aromatic carbocycles. The molecule has 0 unspecified atom stereocenters. The van der Waals surface area contributed by atoms with E-state index in [0.29, 0.717) is 13.0 Å². The van der Waals surface area contributed by atoms with Gasteiger partial charge in [0.25, 0.3) is 0 Å². The van der Waals surface area contributed by atoms with Crippen LogP contribution in [0.2, 0.25) is 0 Å². The quantitative estimate of drug-likeness (QED) is 0.280. The lowest BCUT2D eigenvalue weighted by Crippen LogP contribution is -2.24. The molecule has 1 amide bonds.